The summed E-state index contributed by atoms with van der Waals surface area (Å²) in [4.78, 5) is 11.6. The molecule has 1 amide bonds. The highest BCUT2D eigenvalue weighted by Gasteiger charge is 2.34. The Bertz CT molecular complexity index is 362. The highest BCUT2D eigenvalue weighted by molar-refractivity contribution is 5.77. The molecule has 2 bridgehead atoms. The summed E-state index contributed by atoms with van der Waals surface area (Å²) in [5.74, 6) is 2.03. The Hall–Kier alpha value is -1.12. The monoisotopic (exact) mass is 276 g/mol. The molecular formula is C17H28N2O. The van der Waals surface area contributed by atoms with Crippen molar-refractivity contribution in [3.8, 4) is 0 Å². The number of nitrogens with zero attached hydrogens (tertiary/aromatic N) is 1. The molecule has 3 unspecified atom stereocenters. The zero-order valence-electron chi connectivity index (χ0n) is 12.7. The summed E-state index contributed by atoms with van der Waals surface area (Å²) in [6, 6.07) is 0. The summed E-state index contributed by atoms with van der Waals surface area (Å²) in [5, 5.41) is 4.14. The average Bonchev–Trinajstić information content (AvgIpc) is 3.05. The number of carbonyl (C=O) groups excluding carboxylic acids is 1. The van der Waals surface area contributed by atoms with Crippen molar-refractivity contribution in [2.45, 2.75) is 64.7 Å². The number of hydrogen-bond acceptors (Lipinski definition) is 2. The van der Waals surface area contributed by atoms with Crippen LogP contribution in [0.1, 0.15) is 64.7 Å². The Morgan fingerprint density at radius 3 is 2.70 bits per heavy atom. The average molecular weight is 276 g/mol. The summed E-state index contributed by atoms with van der Waals surface area (Å²) >= 11 is 0. The normalized spacial score (nSPS) is 27.6. The Morgan fingerprint density at radius 2 is 2.00 bits per heavy atom. The zero-order chi connectivity index (χ0) is 14.2. The van der Waals surface area contributed by atoms with Gasteiger partial charge in [0.1, 0.15) is 0 Å². The van der Waals surface area contributed by atoms with Gasteiger partial charge < -0.3 is 0 Å². The molecule has 0 heterocycles. The fourth-order valence-corrected chi connectivity index (χ4v) is 3.32. The number of hydrazone groups is 1. The van der Waals surface area contributed by atoms with Crippen LogP contribution in [-0.2, 0) is 4.79 Å². The van der Waals surface area contributed by atoms with Gasteiger partial charge in [0.05, 0.1) is 0 Å². The van der Waals surface area contributed by atoms with Crippen LogP contribution in [0.15, 0.2) is 17.3 Å². The molecule has 2 aliphatic rings. The van der Waals surface area contributed by atoms with E-state index in [4.69, 9.17) is 0 Å². The van der Waals surface area contributed by atoms with Crippen LogP contribution in [0.25, 0.3) is 0 Å². The van der Waals surface area contributed by atoms with Gasteiger partial charge in [-0.05, 0) is 31.1 Å². The van der Waals surface area contributed by atoms with Gasteiger partial charge in [-0.3, -0.25) is 4.79 Å². The number of fused-ring (bicyclic) bond motifs is 2. The Morgan fingerprint density at radius 1 is 1.20 bits per heavy atom. The van der Waals surface area contributed by atoms with Gasteiger partial charge in [-0.2, -0.15) is 5.10 Å². The van der Waals surface area contributed by atoms with Gasteiger partial charge in [-0.25, -0.2) is 5.43 Å². The Balaban J connectivity index is 1.51. The van der Waals surface area contributed by atoms with Crippen LogP contribution in [0.2, 0.25) is 0 Å². The predicted molar refractivity (Wildman–Crippen MR) is 83.5 cm³/mol. The molecule has 0 aliphatic heterocycles. The van der Waals surface area contributed by atoms with Gasteiger partial charge in [0.15, 0.2) is 0 Å². The lowest BCUT2D eigenvalue weighted by molar-refractivity contribution is -0.121. The maximum Gasteiger partial charge on any atom is 0.240 e. The van der Waals surface area contributed by atoms with Crippen molar-refractivity contribution in [3.05, 3.63) is 12.2 Å². The van der Waals surface area contributed by atoms with E-state index < -0.39 is 0 Å². The molecule has 0 aromatic heterocycles. The maximum absolute atomic E-state index is 11.6. The molecular weight excluding hydrogens is 248 g/mol. The number of hydrogen-bond donors (Lipinski definition) is 1. The lowest BCUT2D eigenvalue weighted by atomic mass is 9.95. The number of carbonyl (C=O) groups is 1. The molecule has 3 heteroatoms. The van der Waals surface area contributed by atoms with E-state index in [2.05, 4.69) is 29.6 Å². The summed E-state index contributed by atoms with van der Waals surface area (Å²) in [6.45, 7) is 2.22. The van der Waals surface area contributed by atoms with Crippen LogP contribution in [0, 0.1) is 17.8 Å². The van der Waals surface area contributed by atoms with Gasteiger partial charge in [0.25, 0.3) is 0 Å². The second-order valence-corrected chi connectivity index (χ2v) is 6.28. The van der Waals surface area contributed by atoms with Crippen LogP contribution in [0.4, 0.5) is 0 Å². The van der Waals surface area contributed by atoms with E-state index in [1.165, 1.54) is 38.5 Å². The first kappa shape index (κ1) is 15.3. The van der Waals surface area contributed by atoms with Gasteiger partial charge in [0, 0.05) is 18.6 Å². The van der Waals surface area contributed by atoms with Crippen molar-refractivity contribution in [1.29, 1.82) is 0 Å². The predicted octanol–water partition coefficient (Wildman–Crippen LogP) is 4.05. The number of unbranched alkanes of at least 4 members (excludes halogenated alkanes) is 5. The molecule has 20 heavy (non-hydrogen) atoms. The van der Waals surface area contributed by atoms with Crippen molar-refractivity contribution in [1.82, 2.24) is 5.43 Å². The van der Waals surface area contributed by atoms with E-state index in [1.807, 2.05) is 6.21 Å². The summed E-state index contributed by atoms with van der Waals surface area (Å²) in [6.07, 6.45) is 17.0. The van der Waals surface area contributed by atoms with Crippen molar-refractivity contribution >= 4 is 12.1 Å². The van der Waals surface area contributed by atoms with Gasteiger partial charge in [0.2, 0.25) is 5.91 Å². The second-order valence-electron chi connectivity index (χ2n) is 6.28. The molecule has 112 valence electrons. The largest absolute Gasteiger partial charge is 0.273 e. The van der Waals surface area contributed by atoms with E-state index in [0.717, 1.165) is 18.8 Å². The second kappa shape index (κ2) is 8.23. The molecule has 2 rings (SSSR count). The minimum absolute atomic E-state index is 0.0652. The van der Waals surface area contributed by atoms with E-state index in [0.29, 0.717) is 18.3 Å². The molecule has 0 radical (unpaired) electrons. The van der Waals surface area contributed by atoms with Crippen LogP contribution in [0.5, 0.6) is 0 Å². The van der Waals surface area contributed by atoms with Crippen LogP contribution in [0.3, 0.4) is 0 Å². The molecule has 1 N–H and O–H groups in total. The molecule has 2 aliphatic carbocycles. The van der Waals surface area contributed by atoms with Crippen molar-refractivity contribution < 1.29 is 4.79 Å². The first-order chi connectivity index (χ1) is 9.79. The molecule has 0 aromatic rings. The maximum atomic E-state index is 11.6. The summed E-state index contributed by atoms with van der Waals surface area (Å²) < 4.78 is 0. The minimum atomic E-state index is 0.0652. The SMILES string of the molecule is CCCCCCCCC(=O)N/N=C/C1CC2C=CC1C2. The van der Waals surface area contributed by atoms with Crippen LogP contribution in [-0.4, -0.2) is 12.1 Å². The lowest BCUT2D eigenvalue weighted by Gasteiger charge is -2.11. The molecule has 0 spiro atoms. The third-order valence-corrected chi connectivity index (χ3v) is 4.54. The van der Waals surface area contributed by atoms with Crippen molar-refractivity contribution in [3.63, 3.8) is 0 Å². The fourth-order valence-electron chi connectivity index (χ4n) is 3.32. The van der Waals surface area contributed by atoms with E-state index in [1.54, 1.807) is 0 Å². The molecule has 0 aromatic carbocycles. The Labute approximate surface area is 122 Å². The van der Waals surface area contributed by atoms with E-state index >= 15 is 0 Å². The highest BCUT2D eigenvalue weighted by atomic mass is 16.2. The third kappa shape index (κ3) is 4.77. The number of nitrogens with one attached hydrogen (secondary N) is 1. The Kier molecular flexibility index (Phi) is 6.28. The van der Waals surface area contributed by atoms with Crippen LogP contribution >= 0.6 is 0 Å². The molecule has 1 fully saturated rings. The molecule has 3 nitrogen and oxygen atoms in total. The summed E-state index contributed by atoms with van der Waals surface area (Å²) in [7, 11) is 0. The van der Waals surface area contributed by atoms with Crippen molar-refractivity contribution in [2.75, 3.05) is 0 Å². The fraction of sp³-hybridized carbons (Fsp3) is 0.765. The zero-order valence-corrected chi connectivity index (χ0v) is 12.7. The number of amides is 1. The molecule has 3 atom stereocenters. The summed E-state index contributed by atoms with van der Waals surface area (Å²) in [5.41, 5.74) is 2.68. The van der Waals surface area contributed by atoms with E-state index in [9.17, 15) is 4.79 Å². The lowest BCUT2D eigenvalue weighted by Crippen LogP contribution is -2.19. The van der Waals surface area contributed by atoms with Crippen molar-refractivity contribution in [2.24, 2.45) is 22.9 Å². The standard InChI is InChI=1S/C17H28N2O/c1-2-3-4-5-6-7-8-17(20)19-18-13-16-12-14-9-10-15(16)11-14/h9-10,13-16H,2-8,11-12H2,1H3,(H,19,20)/b18-13+. The highest BCUT2D eigenvalue weighted by Crippen LogP contribution is 2.42. The van der Waals surface area contributed by atoms with Crippen LogP contribution < -0.4 is 5.43 Å². The number of rotatable bonds is 9. The quantitative estimate of drug-likeness (QED) is 0.293. The molecule has 0 saturated heterocycles. The first-order valence-electron chi connectivity index (χ1n) is 8.30. The minimum Gasteiger partial charge on any atom is -0.273 e. The van der Waals surface area contributed by atoms with Gasteiger partial charge in [-0.15, -0.1) is 0 Å². The van der Waals surface area contributed by atoms with Gasteiger partial charge in [-0.1, -0.05) is 51.2 Å². The topological polar surface area (TPSA) is 41.5 Å². The third-order valence-electron chi connectivity index (χ3n) is 4.54. The van der Waals surface area contributed by atoms with Gasteiger partial charge >= 0.3 is 0 Å². The number of allylic oxidation sites excluding steroid dienone is 2. The van der Waals surface area contributed by atoms with E-state index in [-0.39, 0.29) is 5.91 Å². The first-order valence-corrected chi connectivity index (χ1v) is 8.30. The molecule has 1 saturated carbocycles. The smallest absolute Gasteiger partial charge is 0.240 e.